The van der Waals surface area contributed by atoms with Gasteiger partial charge in [0.25, 0.3) is 0 Å². The Kier molecular flexibility index (Phi) is 3.26. The monoisotopic (exact) mass is 315 g/mol. The van der Waals surface area contributed by atoms with Crippen molar-refractivity contribution in [2.75, 3.05) is 26.3 Å². The highest BCUT2D eigenvalue weighted by Crippen LogP contribution is 2.49. The number of ether oxygens (including phenoxy) is 1. The average molecular weight is 315 g/mol. The number of aliphatic hydroxyl groups is 1. The van der Waals surface area contributed by atoms with Gasteiger partial charge in [-0.15, -0.1) is 5.10 Å². The normalized spacial score (nSPS) is 25.6. The van der Waals surface area contributed by atoms with Gasteiger partial charge in [0, 0.05) is 19.0 Å². The average Bonchev–Trinajstić information content (AvgIpc) is 3.22. The van der Waals surface area contributed by atoms with Crippen molar-refractivity contribution in [3.63, 3.8) is 0 Å². The van der Waals surface area contributed by atoms with Crippen LogP contribution in [-0.2, 0) is 11.3 Å². The molecular formula is C15H17N5O3. The molecule has 1 saturated heterocycles. The molecule has 1 fully saturated rings. The molecule has 0 aliphatic carbocycles. The number of rotatable bonds is 3. The first-order valence-corrected chi connectivity index (χ1v) is 7.53. The molecule has 0 radical (unpaired) electrons. The van der Waals surface area contributed by atoms with Gasteiger partial charge in [0.2, 0.25) is 5.91 Å². The van der Waals surface area contributed by atoms with Crippen LogP contribution >= 0.6 is 0 Å². The van der Waals surface area contributed by atoms with Gasteiger partial charge in [-0.25, -0.2) is 4.68 Å². The fourth-order valence-electron chi connectivity index (χ4n) is 3.55. The standard InChI is InChI=1S/C15H17N5O3/c21-8-15-7-19(14(22)6-20-10-16-17-18-20)5-12(15)11-3-1-2-4-13(11)23-9-15/h1-4,10,12,21H,5-9H2. The summed E-state index contributed by atoms with van der Waals surface area (Å²) in [4.78, 5) is 14.3. The van der Waals surface area contributed by atoms with Gasteiger partial charge < -0.3 is 14.7 Å². The number of benzene rings is 1. The second-order valence-corrected chi connectivity index (χ2v) is 6.18. The van der Waals surface area contributed by atoms with Crippen molar-refractivity contribution in [2.45, 2.75) is 12.5 Å². The Hall–Kier alpha value is -2.48. The molecule has 1 amide bonds. The summed E-state index contributed by atoms with van der Waals surface area (Å²) in [6, 6.07) is 7.84. The number of amides is 1. The lowest BCUT2D eigenvalue weighted by atomic mass is 9.74. The first-order chi connectivity index (χ1) is 11.2. The number of hydrogen-bond acceptors (Lipinski definition) is 6. The second-order valence-electron chi connectivity index (χ2n) is 6.18. The molecule has 1 aromatic heterocycles. The maximum atomic E-state index is 12.5. The summed E-state index contributed by atoms with van der Waals surface area (Å²) in [5.74, 6) is 0.864. The van der Waals surface area contributed by atoms with Crippen LogP contribution in [0.25, 0.3) is 0 Å². The highest BCUT2D eigenvalue weighted by Gasteiger charge is 2.51. The van der Waals surface area contributed by atoms with Gasteiger partial charge >= 0.3 is 0 Å². The predicted octanol–water partition coefficient (Wildman–Crippen LogP) is -0.330. The molecule has 8 heteroatoms. The van der Waals surface area contributed by atoms with Gasteiger partial charge in [0.05, 0.1) is 18.6 Å². The number of carbonyl (C=O) groups excluding carboxylic acids is 1. The lowest BCUT2D eigenvalue weighted by Crippen LogP contribution is -2.42. The third-order valence-electron chi connectivity index (χ3n) is 4.81. The maximum absolute atomic E-state index is 12.5. The smallest absolute Gasteiger partial charge is 0.244 e. The third-order valence-corrected chi connectivity index (χ3v) is 4.81. The number of carbonyl (C=O) groups is 1. The van der Waals surface area contributed by atoms with Crippen LogP contribution in [0.15, 0.2) is 30.6 Å². The van der Waals surface area contributed by atoms with Crippen LogP contribution in [0.3, 0.4) is 0 Å². The van der Waals surface area contributed by atoms with Crippen molar-refractivity contribution in [3.8, 4) is 5.75 Å². The zero-order valence-corrected chi connectivity index (χ0v) is 12.5. The van der Waals surface area contributed by atoms with Crippen molar-refractivity contribution >= 4 is 5.91 Å². The Morgan fingerprint density at radius 1 is 1.43 bits per heavy atom. The Bertz CT molecular complexity index is 720. The molecule has 0 saturated carbocycles. The molecular weight excluding hydrogens is 298 g/mol. The summed E-state index contributed by atoms with van der Waals surface area (Å²) < 4.78 is 7.23. The Balaban J connectivity index is 1.59. The zero-order chi connectivity index (χ0) is 15.9. The molecule has 2 aliphatic rings. The SMILES string of the molecule is O=C(Cn1cnnn1)N1CC2c3ccccc3OCC2(CO)C1. The van der Waals surface area contributed by atoms with Gasteiger partial charge in [0.1, 0.15) is 18.6 Å². The fourth-order valence-corrected chi connectivity index (χ4v) is 3.55. The van der Waals surface area contributed by atoms with Crippen molar-refractivity contribution < 1.29 is 14.6 Å². The highest BCUT2D eigenvalue weighted by molar-refractivity contribution is 5.76. The number of hydrogen-bond donors (Lipinski definition) is 1. The van der Waals surface area contributed by atoms with Crippen LogP contribution in [-0.4, -0.2) is 62.4 Å². The number of aromatic nitrogens is 4. The predicted molar refractivity (Wildman–Crippen MR) is 78.6 cm³/mol. The summed E-state index contributed by atoms with van der Waals surface area (Å²) >= 11 is 0. The van der Waals surface area contributed by atoms with Crippen molar-refractivity contribution in [1.29, 1.82) is 0 Å². The van der Waals surface area contributed by atoms with Crippen LogP contribution in [0.4, 0.5) is 0 Å². The molecule has 23 heavy (non-hydrogen) atoms. The van der Waals surface area contributed by atoms with E-state index in [1.165, 1.54) is 11.0 Å². The summed E-state index contributed by atoms with van der Waals surface area (Å²) in [5.41, 5.74) is 0.621. The summed E-state index contributed by atoms with van der Waals surface area (Å²) in [7, 11) is 0. The fraction of sp³-hybridized carbons (Fsp3) is 0.467. The van der Waals surface area contributed by atoms with E-state index in [1.54, 1.807) is 4.90 Å². The molecule has 2 unspecified atom stereocenters. The van der Waals surface area contributed by atoms with Gasteiger partial charge in [-0.2, -0.15) is 0 Å². The Morgan fingerprint density at radius 3 is 3.09 bits per heavy atom. The maximum Gasteiger partial charge on any atom is 0.244 e. The number of aliphatic hydroxyl groups excluding tert-OH is 1. The van der Waals surface area contributed by atoms with E-state index in [4.69, 9.17) is 4.74 Å². The second kappa shape index (κ2) is 5.31. The van der Waals surface area contributed by atoms with E-state index >= 15 is 0 Å². The number of para-hydroxylation sites is 1. The minimum Gasteiger partial charge on any atom is -0.493 e. The Morgan fingerprint density at radius 2 is 2.30 bits per heavy atom. The van der Waals surface area contributed by atoms with Crippen LogP contribution in [0.2, 0.25) is 0 Å². The number of tetrazole rings is 1. The number of likely N-dealkylation sites (tertiary alicyclic amines) is 1. The van der Waals surface area contributed by atoms with Crippen molar-refractivity contribution in [3.05, 3.63) is 36.2 Å². The first-order valence-electron chi connectivity index (χ1n) is 7.53. The van der Waals surface area contributed by atoms with Crippen LogP contribution < -0.4 is 4.74 Å². The van der Waals surface area contributed by atoms with E-state index in [-0.39, 0.29) is 25.0 Å². The molecule has 4 rings (SSSR count). The highest BCUT2D eigenvalue weighted by atomic mass is 16.5. The Labute approximate surface area is 132 Å². The zero-order valence-electron chi connectivity index (χ0n) is 12.5. The molecule has 2 aliphatic heterocycles. The first kappa shape index (κ1) is 14.1. The van der Waals surface area contributed by atoms with E-state index < -0.39 is 5.41 Å². The van der Waals surface area contributed by atoms with Gasteiger partial charge in [-0.05, 0) is 22.1 Å². The molecule has 3 heterocycles. The van der Waals surface area contributed by atoms with Crippen LogP contribution in [0.1, 0.15) is 11.5 Å². The number of nitrogens with zero attached hydrogens (tertiary/aromatic N) is 5. The molecule has 0 spiro atoms. The van der Waals surface area contributed by atoms with Crippen molar-refractivity contribution in [1.82, 2.24) is 25.1 Å². The molecule has 1 N–H and O–H groups in total. The molecule has 120 valence electrons. The third kappa shape index (κ3) is 2.26. The lowest BCUT2D eigenvalue weighted by Gasteiger charge is -2.37. The van der Waals surface area contributed by atoms with Gasteiger partial charge in [-0.3, -0.25) is 4.79 Å². The molecule has 1 aromatic carbocycles. The molecule has 8 nitrogen and oxygen atoms in total. The summed E-state index contributed by atoms with van der Waals surface area (Å²) in [5, 5.41) is 20.8. The van der Waals surface area contributed by atoms with E-state index in [2.05, 4.69) is 15.5 Å². The largest absolute Gasteiger partial charge is 0.493 e. The van der Waals surface area contributed by atoms with Gasteiger partial charge in [-0.1, -0.05) is 18.2 Å². The van der Waals surface area contributed by atoms with Crippen LogP contribution in [0, 0.1) is 5.41 Å². The van der Waals surface area contributed by atoms with E-state index in [0.29, 0.717) is 19.7 Å². The quantitative estimate of drug-likeness (QED) is 0.834. The summed E-state index contributed by atoms with van der Waals surface area (Å²) in [6.45, 7) is 1.55. The molecule has 0 bridgehead atoms. The molecule has 2 atom stereocenters. The lowest BCUT2D eigenvalue weighted by molar-refractivity contribution is -0.131. The summed E-state index contributed by atoms with van der Waals surface area (Å²) in [6.07, 6.45) is 1.42. The molecule has 2 aromatic rings. The van der Waals surface area contributed by atoms with Crippen LogP contribution in [0.5, 0.6) is 5.75 Å². The van der Waals surface area contributed by atoms with Gasteiger partial charge in [0.15, 0.2) is 0 Å². The number of fused-ring (bicyclic) bond motifs is 3. The minimum atomic E-state index is -0.440. The topological polar surface area (TPSA) is 93.4 Å². The van der Waals surface area contributed by atoms with Crippen molar-refractivity contribution in [2.24, 2.45) is 5.41 Å². The van der Waals surface area contributed by atoms with E-state index in [1.807, 2.05) is 24.3 Å². The van der Waals surface area contributed by atoms with E-state index in [0.717, 1.165) is 11.3 Å². The minimum absolute atomic E-state index is 0.0132. The van der Waals surface area contributed by atoms with E-state index in [9.17, 15) is 9.90 Å².